The Kier molecular flexibility index (Phi) is 4.97. The Morgan fingerprint density at radius 3 is 2.85 bits per heavy atom. The topological polar surface area (TPSA) is 96.5 Å². The molecule has 8 heteroatoms. The molecule has 0 unspecified atom stereocenters. The van der Waals surface area contributed by atoms with Crippen molar-refractivity contribution in [3.05, 3.63) is 71.8 Å². The average molecular weight is 376 g/mol. The molecule has 0 saturated heterocycles. The van der Waals surface area contributed by atoms with Crippen molar-refractivity contribution in [2.24, 2.45) is 0 Å². The summed E-state index contributed by atoms with van der Waals surface area (Å²) in [7, 11) is 0. The van der Waals surface area contributed by atoms with E-state index in [1.807, 2.05) is 35.7 Å². The molecule has 3 aromatic heterocycles. The first-order chi connectivity index (χ1) is 13.3. The summed E-state index contributed by atoms with van der Waals surface area (Å²) in [6, 6.07) is 9.66. The van der Waals surface area contributed by atoms with Crippen LogP contribution in [0, 0.1) is 0 Å². The minimum atomic E-state index is -0.160. The standard InChI is InChI=1S/C19H16N6OS/c26-18(15-10-23-25-17(15)13-4-2-1-3-5-13)22-7-6-14-12-27-19(24-14)16-11-20-8-9-21-16/h1-5,8-12H,6-7H2,(H,22,26)(H,23,25). The molecule has 0 bridgehead atoms. The molecule has 0 atom stereocenters. The van der Waals surface area contributed by atoms with Crippen LogP contribution in [0.15, 0.2) is 60.5 Å². The van der Waals surface area contributed by atoms with Crippen molar-refractivity contribution in [1.29, 1.82) is 0 Å². The molecule has 0 aliphatic rings. The first-order valence-corrected chi connectivity index (χ1v) is 9.27. The molecule has 4 rings (SSSR count). The maximum absolute atomic E-state index is 12.5. The maximum atomic E-state index is 12.5. The van der Waals surface area contributed by atoms with E-state index < -0.39 is 0 Å². The SMILES string of the molecule is O=C(NCCc1csc(-c2cnccn2)n1)c1cn[nH]c1-c1ccccc1. The zero-order valence-electron chi connectivity index (χ0n) is 14.3. The number of benzene rings is 1. The molecular weight excluding hydrogens is 360 g/mol. The van der Waals surface area contributed by atoms with E-state index in [9.17, 15) is 4.79 Å². The molecule has 3 heterocycles. The van der Waals surface area contributed by atoms with Crippen molar-refractivity contribution in [1.82, 2.24) is 30.5 Å². The highest BCUT2D eigenvalue weighted by Crippen LogP contribution is 2.22. The van der Waals surface area contributed by atoms with Crippen LogP contribution in [-0.2, 0) is 6.42 Å². The van der Waals surface area contributed by atoms with Gasteiger partial charge in [0.2, 0.25) is 0 Å². The van der Waals surface area contributed by atoms with Gasteiger partial charge in [-0.3, -0.25) is 19.9 Å². The number of rotatable bonds is 6. The van der Waals surface area contributed by atoms with E-state index in [1.165, 1.54) is 11.3 Å². The van der Waals surface area contributed by atoms with Gasteiger partial charge in [-0.05, 0) is 0 Å². The Hall–Kier alpha value is -3.39. The van der Waals surface area contributed by atoms with E-state index in [0.29, 0.717) is 24.2 Å². The van der Waals surface area contributed by atoms with Crippen LogP contribution < -0.4 is 5.32 Å². The van der Waals surface area contributed by atoms with Crippen LogP contribution in [0.3, 0.4) is 0 Å². The average Bonchev–Trinajstić information content (AvgIpc) is 3.39. The molecule has 2 N–H and O–H groups in total. The second kappa shape index (κ2) is 7.88. The van der Waals surface area contributed by atoms with Crippen molar-refractivity contribution < 1.29 is 4.79 Å². The van der Waals surface area contributed by atoms with E-state index in [2.05, 4.69) is 30.5 Å². The summed E-state index contributed by atoms with van der Waals surface area (Å²) in [6.45, 7) is 0.488. The van der Waals surface area contributed by atoms with E-state index in [1.54, 1.807) is 24.8 Å². The molecule has 1 aromatic carbocycles. The predicted molar refractivity (Wildman–Crippen MR) is 103 cm³/mol. The summed E-state index contributed by atoms with van der Waals surface area (Å²) < 4.78 is 0. The van der Waals surface area contributed by atoms with Crippen LogP contribution in [0.5, 0.6) is 0 Å². The zero-order chi connectivity index (χ0) is 18.5. The smallest absolute Gasteiger partial charge is 0.255 e. The highest BCUT2D eigenvalue weighted by molar-refractivity contribution is 7.13. The highest BCUT2D eigenvalue weighted by atomic mass is 32.1. The fourth-order valence-corrected chi connectivity index (χ4v) is 3.45. The van der Waals surface area contributed by atoms with Gasteiger partial charge in [0.05, 0.1) is 29.3 Å². The van der Waals surface area contributed by atoms with Crippen molar-refractivity contribution >= 4 is 17.2 Å². The second-order valence-electron chi connectivity index (χ2n) is 5.77. The van der Waals surface area contributed by atoms with Gasteiger partial charge >= 0.3 is 0 Å². The largest absolute Gasteiger partial charge is 0.352 e. The second-order valence-corrected chi connectivity index (χ2v) is 6.62. The fourth-order valence-electron chi connectivity index (χ4n) is 2.63. The number of hydrogen-bond donors (Lipinski definition) is 2. The Labute approximate surface area is 159 Å². The third kappa shape index (κ3) is 3.90. The van der Waals surface area contributed by atoms with Gasteiger partial charge in [-0.1, -0.05) is 30.3 Å². The van der Waals surface area contributed by atoms with E-state index in [4.69, 9.17) is 0 Å². The molecular formula is C19H16N6OS. The lowest BCUT2D eigenvalue weighted by Crippen LogP contribution is -2.25. The van der Waals surface area contributed by atoms with Crippen molar-refractivity contribution in [2.45, 2.75) is 6.42 Å². The number of carbonyl (C=O) groups excluding carboxylic acids is 1. The number of H-pyrrole nitrogens is 1. The Morgan fingerprint density at radius 1 is 1.15 bits per heavy atom. The van der Waals surface area contributed by atoms with Crippen molar-refractivity contribution in [3.63, 3.8) is 0 Å². The lowest BCUT2D eigenvalue weighted by atomic mass is 10.1. The fraction of sp³-hybridized carbons (Fsp3) is 0.105. The van der Waals surface area contributed by atoms with Crippen molar-refractivity contribution in [2.75, 3.05) is 6.54 Å². The third-order valence-electron chi connectivity index (χ3n) is 3.95. The van der Waals surface area contributed by atoms with Gasteiger partial charge in [0.25, 0.3) is 5.91 Å². The van der Waals surface area contributed by atoms with Crippen LogP contribution >= 0.6 is 11.3 Å². The lowest BCUT2D eigenvalue weighted by Gasteiger charge is -2.05. The molecule has 1 amide bonds. The van der Waals surface area contributed by atoms with Crippen LogP contribution in [-0.4, -0.2) is 37.6 Å². The Morgan fingerprint density at radius 2 is 2.04 bits per heavy atom. The number of aromatic amines is 1. The van der Waals surface area contributed by atoms with Crippen LogP contribution in [0.2, 0.25) is 0 Å². The van der Waals surface area contributed by atoms with Gasteiger partial charge in [-0.15, -0.1) is 11.3 Å². The summed E-state index contributed by atoms with van der Waals surface area (Å²) in [5, 5.41) is 12.6. The van der Waals surface area contributed by atoms with Gasteiger partial charge in [0.1, 0.15) is 10.7 Å². The summed E-state index contributed by atoms with van der Waals surface area (Å²) in [6.07, 6.45) is 7.15. The van der Waals surface area contributed by atoms with Gasteiger partial charge in [-0.25, -0.2) is 4.98 Å². The zero-order valence-corrected chi connectivity index (χ0v) is 15.1. The molecule has 0 spiro atoms. The molecule has 0 saturated carbocycles. The number of carbonyl (C=O) groups is 1. The monoisotopic (exact) mass is 376 g/mol. The molecule has 4 aromatic rings. The minimum Gasteiger partial charge on any atom is -0.352 e. The van der Waals surface area contributed by atoms with E-state index >= 15 is 0 Å². The number of nitrogens with one attached hydrogen (secondary N) is 2. The van der Waals surface area contributed by atoms with Crippen molar-refractivity contribution in [3.8, 4) is 22.0 Å². The van der Waals surface area contributed by atoms with Gasteiger partial charge in [-0.2, -0.15) is 5.10 Å². The number of aromatic nitrogens is 5. The Bertz CT molecular complexity index is 1030. The molecule has 0 fully saturated rings. The van der Waals surface area contributed by atoms with Gasteiger partial charge in [0.15, 0.2) is 0 Å². The molecule has 27 heavy (non-hydrogen) atoms. The third-order valence-corrected chi connectivity index (χ3v) is 4.86. The number of nitrogens with zero attached hydrogens (tertiary/aromatic N) is 4. The predicted octanol–water partition coefficient (Wildman–Crippen LogP) is 2.96. The normalized spacial score (nSPS) is 10.7. The molecule has 7 nitrogen and oxygen atoms in total. The minimum absolute atomic E-state index is 0.160. The number of amides is 1. The first kappa shape index (κ1) is 17.0. The lowest BCUT2D eigenvalue weighted by molar-refractivity contribution is 0.0955. The van der Waals surface area contributed by atoms with Crippen LogP contribution in [0.1, 0.15) is 16.1 Å². The van der Waals surface area contributed by atoms with E-state index in [-0.39, 0.29) is 5.91 Å². The molecule has 0 radical (unpaired) electrons. The summed E-state index contributed by atoms with van der Waals surface area (Å²) in [5.41, 5.74) is 3.83. The van der Waals surface area contributed by atoms with Crippen LogP contribution in [0.25, 0.3) is 22.0 Å². The summed E-state index contributed by atoms with van der Waals surface area (Å²) in [5.74, 6) is -0.160. The number of thiazole rings is 1. The number of hydrogen-bond acceptors (Lipinski definition) is 6. The van der Waals surface area contributed by atoms with Crippen LogP contribution in [0.4, 0.5) is 0 Å². The Balaban J connectivity index is 1.37. The van der Waals surface area contributed by atoms with E-state index in [0.717, 1.165) is 22.0 Å². The summed E-state index contributed by atoms with van der Waals surface area (Å²) in [4.78, 5) is 25.4. The molecule has 134 valence electrons. The summed E-state index contributed by atoms with van der Waals surface area (Å²) >= 11 is 1.52. The van der Waals surface area contributed by atoms with Gasteiger partial charge < -0.3 is 5.32 Å². The first-order valence-electron chi connectivity index (χ1n) is 8.39. The maximum Gasteiger partial charge on any atom is 0.255 e. The molecule has 0 aliphatic heterocycles. The van der Waals surface area contributed by atoms with Gasteiger partial charge in [0, 0.05) is 36.3 Å². The quantitative estimate of drug-likeness (QED) is 0.539. The molecule has 0 aliphatic carbocycles. The highest BCUT2D eigenvalue weighted by Gasteiger charge is 2.15.